The Kier molecular flexibility index (Phi) is 4.86. The van der Waals surface area contributed by atoms with E-state index in [-0.39, 0.29) is 29.6 Å². The molecular formula is C20H16O5S. The molecule has 0 radical (unpaired) electrons. The third-order valence-electron chi connectivity index (χ3n) is 4.02. The minimum atomic E-state index is -1.12. The number of hydrogen-bond donors (Lipinski definition) is 1. The first-order valence-corrected chi connectivity index (χ1v) is 8.75. The number of fused-ring (bicyclic) bond motifs is 2. The molecule has 0 amide bonds. The van der Waals surface area contributed by atoms with Crippen LogP contribution in [-0.4, -0.2) is 23.7 Å². The van der Waals surface area contributed by atoms with Crippen molar-refractivity contribution in [1.29, 1.82) is 0 Å². The molecule has 1 N–H and O–H groups in total. The van der Waals surface area contributed by atoms with E-state index in [1.54, 1.807) is 18.2 Å². The first kappa shape index (κ1) is 17.8. The monoisotopic (exact) mass is 368 g/mol. The van der Waals surface area contributed by atoms with Gasteiger partial charge in [0.15, 0.2) is 5.43 Å². The van der Waals surface area contributed by atoms with Crippen LogP contribution in [0.25, 0.3) is 20.2 Å². The van der Waals surface area contributed by atoms with Gasteiger partial charge >= 0.3 is 11.9 Å². The molecule has 0 unspecified atom stereocenters. The summed E-state index contributed by atoms with van der Waals surface area (Å²) in [6, 6.07) is 10.4. The first-order valence-electron chi connectivity index (χ1n) is 7.93. The Labute approximate surface area is 153 Å². The molecule has 0 aliphatic heterocycles. The van der Waals surface area contributed by atoms with Gasteiger partial charge in [-0.15, -0.1) is 11.3 Å². The molecule has 0 atom stereocenters. The Morgan fingerprint density at radius 3 is 2.58 bits per heavy atom. The maximum atomic E-state index is 13.0. The highest BCUT2D eigenvalue weighted by molar-refractivity contribution is 7.24. The van der Waals surface area contributed by atoms with Gasteiger partial charge in [-0.3, -0.25) is 4.79 Å². The summed E-state index contributed by atoms with van der Waals surface area (Å²) in [4.78, 5) is 36.2. The maximum Gasteiger partial charge on any atom is 0.335 e. The van der Waals surface area contributed by atoms with Crippen LogP contribution in [-0.2, 0) is 16.0 Å². The molecule has 1 heterocycles. The van der Waals surface area contributed by atoms with Gasteiger partial charge in [0.2, 0.25) is 0 Å². The molecule has 3 aromatic rings. The number of carbonyl (C=O) groups excluding carboxylic acids is 1. The quantitative estimate of drug-likeness (QED) is 0.421. The highest BCUT2D eigenvalue weighted by Crippen LogP contribution is 2.29. The number of hydrogen-bond acceptors (Lipinski definition) is 5. The minimum absolute atomic E-state index is 0.0258. The van der Waals surface area contributed by atoms with Crippen LogP contribution in [0.2, 0.25) is 0 Å². The maximum absolute atomic E-state index is 13.0. The molecule has 0 aliphatic carbocycles. The summed E-state index contributed by atoms with van der Waals surface area (Å²) < 4.78 is 6.64. The van der Waals surface area contributed by atoms with Crippen molar-refractivity contribution < 1.29 is 19.4 Å². The summed E-state index contributed by atoms with van der Waals surface area (Å²) in [6.07, 6.45) is 0.137. The Morgan fingerprint density at radius 1 is 1.15 bits per heavy atom. The third-order valence-corrected chi connectivity index (χ3v) is 5.15. The van der Waals surface area contributed by atoms with Gasteiger partial charge in [0, 0.05) is 32.2 Å². The molecule has 0 fully saturated rings. The number of ether oxygens (including phenoxy) is 1. The normalized spacial score (nSPS) is 10.8. The fraction of sp³-hybridized carbons (Fsp3) is 0.150. The SMILES string of the molecule is C=C(C)C(=O)OCCc1c(C(=O)O)ccc2sc3ccccc3c(=O)c12. The van der Waals surface area contributed by atoms with Crippen molar-refractivity contribution >= 4 is 43.4 Å². The largest absolute Gasteiger partial charge is 0.478 e. The molecule has 0 aliphatic rings. The standard InChI is InChI=1S/C20H16O5S/c1-11(2)20(24)25-10-9-12-13(19(22)23)7-8-16-17(12)18(21)14-5-3-4-6-15(14)26-16/h3-8H,1,9-10H2,2H3,(H,22,23). The zero-order chi connectivity index (χ0) is 18.8. The fourth-order valence-electron chi connectivity index (χ4n) is 2.79. The Bertz CT molecular complexity index is 1110. The molecule has 5 nitrogen and oxygen atoms in total. The van der Waals surface area contributed by atoms with Crippen molar-refractivity contribution in [3.8, 4) is 0 Å². The van der Waals surface area contributed by atoms with Gasteiger partial charge in [-0.25, -0.2) is 9.59 Å². The average molecular weight is 368 g/mol. The van der Waals surface area contributed by atoms with Crippen molar-refractivity contribution in [3.05, 3.63) is 69.9 Å². The lowest BCUT2D eigenvalue weighted by Crippen LogP contribution is -2.14. The number of benzene rings is 2. The lowest BCUT2D eigenvalue weighted by Gasteiger charge is -2.11. The van der Waals surface area contributed by atoms with Gasteiger partial charge in [0.05, 0.1) is 12.2 Å². The molecular weight excluding hydrogens is 352 g/mol. The van der Waals surface area contributed by atoms with E-state index in [2.05, 4.69) is 6.58 Å². The van der Waals surface area contributed by atoms with Crippen molar-refractivity contribution in [2.24, 2.45) is 0 Å². The summed E-state index contributed by atoms with van der Waals surface area (Å²) in [6.45, 7) is 5.02. The number of carboxylic acid groups (broad SMARTS) is 1. The smallest absolute Gasteiger partial charge is 0.335 e. The number of carboxylic acids is 1. The van der Waals surface area contributed by atoms with Crippen LogP contribution in [0.1, 0.15) is 22.8 Å². The molecule has 132 valence electrons. The topological polar surface area (TPSA) is 80.7 Å². The van der Waals surface area contributed by atoms with Gasteiger partial charge in [0.25, 0.3) is 0 Å². The fourth-order valence-corrected chi connectivity index (χ4v) is 3.89. The number of rotatable bonds is 5. The molecule has 0 bridgehead atoms. The molecule has 3 rings (SSSR count). The van der Waals surface area contributed by atoms with Crippen LogP contribution in [0.4, 0.5) is 0 Å². The van der Waals surface area contributed by atoms with E-state index in [9.17, 15) is 19.5 Å². The highest BCUT2D eigenvalue weighted by atomic mass is 32.1. The number of carbonyl (C=O) groups is 2. The van der Waals surface area contributed by atoms with Crippen molar-refractivity contribution in [2.45, 2.75) is 13.3 Å². The lowest BCUT2D eigenvalue weighted by molar-refractivity contribution is -0.138. The second-order valence-corrected chi connectivity index (χ2v) is 6.95. The van der Waals surface area contributed by atoms with E-state index in [0.29, 0.717) is 21.0 Å². The van der Waals surface area contributed by atoms with Crippen LogP contribution in [0, 0.1) is 0 Å². The molecule has 26 heavy (non-hydrogen) atoms. The van der Waals surface area contributed by atoms with E-state index < -0.39 is 11.9 Å². The molecule has 0 saturated carbocycles. The number of aromatic carboxylic acids is 1. The predicted octanol–water partition coefficient (Wildman–Crippen LogP) is 3.77. The van der Waals surface area contributed by atoms with Crippen molar-refractivity contribution in [2.75, 3.05) is 6.61 Å². The molecule has 0 spiro atoms. The van der Waals surface area contributed by atoms with Gasteiger partial charge < -0.3 is 9.84 Å². The summed E-state index contributed by atoms with van der Waals surface area (Å²) in [5, 5.41) is 10.4. The van der Waals surface area contributed by atoms with Crippen LogP contribution in [0.15, 0.2) is 53.3 Å². The van der Waals surface area contributed by atoms with E-state index in [0.717, 1.165) is 4.70 Å². The Hall–Kier alpha value is -2.99. The van der Waals surface area contributed by atoms with Crippen LogP contribution >= 0.6 is 11.3 Å². The van der Waals surface area contributed by atoms with Crippen LogP contribution in [0.5, 0.6) is 0 Å². The van der Waals surface area contributed by atoms with E-state index >= 15 is 0 Å². The summed E-state index contributed by atoms with van der Waals surface area (Å²) in [7, 11) is 0. The minimum Gasteiger partial charge on any atom is -0.478 e. The lowest BCUT2D eigenvalue weighted by atomic mass is 9.99. The zero-order valence-corrected chi connectivity index (χ0v) is 14.9. The zero-order valence-electron chi connectivity index (χ0n) is 14.1. The van der Waals surface area contributed by atoms with E-state index in [4.69, 9.17) is 4.74 Å². The molecule has 1 aromatic heterocycles. The Balaban J connectivity index is 2.17. The number of esters is 1. The predicted molar refractivity (Wildman–Crippen MR) is 102 cm³/mol. The average Bonchev–Trinajstić information content (AvgIpc) is 2.61. The molecule has 2 aromatic carbocycles. The summed E-state index contributed by atoms with van der Waals surface area (Å²) >= 11 is 1.43. The molecule has 6 heteroatoms. The van der Waals surface area contributed by atoms with Gasteiger partial charge in [-0.05, 0) is 36.8 Å². The van der Waals surface area contributed by atoms with E-state index in [1.165, 1.54) is 24.3 Å². The molecule has 0 saturated heterocycles. The van der Waals surface area contributed by atoms with E-state index in [1.807, 2.05) is 12.1 Å². The first-order chi connectivity index (χ1) is 12.4. The second kappa shape index (κ2) is 7.09. The van der Waals surface area contributed by atoms with Gasteiger partial charge in [-0.1, -0.05) is 18.7 Å². The van der Waals surface area contributed by atoms with Gasteiger partial charge in [-0.2, -0.15) is 0 Å². The van der Waals surface area contributed by atoms with Crippen LogP contribution in [0.3, 0.4) is 0 Å². The van der Waals surface area contributed by atoms with Crippen molar-refractivity contribution in [3.63, 3.8) is 0 Å². The summed E-state index contributed by atoms with van der Waals surface area (Å²) in [5.41, 5.74) is 0.484. The Morgan fingerprint density at radius 2 is 1.88 bits per heavy atom. The summed E-state index contributed by atoms with van der Waals surface area (Å²) in [5.74, 6) is -1.66. The van der Waals surface area contributed by atoms with Crippen molar-refractivity contribution in [1.82, 2.24) is 0 Å². The van der Waals surface area contributed by atoms with Gasteiger partial charge in [0.1, 0.15) is 0 Å². The third kappa shape index (κ3) is 3.23. The van der Waals surface area contributed by atoms with Crippen LogP contribution < -0.4 is 5.43 Å². The second-order valence-electron chi connectivity index (χ2n) is 5.86. The highest BCUT2D eigenvalue weighted by Gasteiger charge is 2.18.